The third-order valence-electron chi connectivity index (χ3n) is 3.97. The summed E-state index contributed by atoms with van der Waals surface area (Å²) in [7, 11) is 6.68. The van der Waals surface area contributed by atoms with Crippen molar-refractivity contribution in [3.8, 4) is 0 Å². The van der Waals surface area contributed by atoms with Gasteiger partial charge >= 0.3 is 0 Å². The molecule has 0 aliphatic rings. The second-order valence-corrected chi connectivity index (χ2v) is 7.60. The molecular formula is C14H32N4O5+2. The van der Waals surface area contributed by atoms with E-state index < -0.39 is 24.0 Å². The van der Waals surface area contributed by atoms with Crippen molar-refractivity contribution in [3.63, 3.8) is 0 Å². The summed E-state index contributed by atoms with van der Waals surface area (Å²) in [6.07, 6.45) is -3.81. The van der Waals surface area contributed by atoms with Crippen LogP contribution in [-0.4, -0.2) is 95.4 Å². The van der Waals surface area contributed by atoms with Crippen LogP contribution in [0.2, 0.25) is 0 Å². The normalized spacial score (nSPS) is 15.7. The number of carbonyl (C=O) groups is 2. The van der Waals surface area contributed by atoms with Crippen LogP contribution in [0, 0.1) is 0 Å². The van der Waals surface area contributed by atoms with Crippen LogP contribution < -0.4 is 10.9 Å². The van der Waals surface area contributed by atoms with E-state index in [2.05, 4.69) is 10.9 Å². The first-order chi connectivity index (χ1) is 10.1. The maximum Gasteiger partial charge on any atom is 0.297 e. The molecule has 0 heterocycles. The highest BCUT2D eigenvalue weighted by atomic mass is 16.3. The summed E-state index contributed by atoms with van der Waals surface area (Å²) in [5.74, 6) is -1.74. The summed E-state index contributed by atoms with van der Waals surface area (Å²) in [5.41, 5.74) is 4.67. The fourth-order valence-corrected chi connectivity index (χ4v) is 1.47. The number of hydrogen-bond acceptors (Lipinski definition) is 5. The number of amides is 2. The standard InChI is InChI=1S/C14H30N4O5/c1-14(2,3)18(6,7)16-13(23)11(21)10(20)12(22)15-17(4,5)8-9-19/h10-11,19-21H,8-9H2,1-7H3/p+2/t10-,11-/m0/s1. The van der Waals surface area contributed by atoms with Crippen molar-refractivity contribution in [2.75, 3.05) is 41.3 Å². The van der Waals surface area contributed by atoms with Gasteiger partial charge in [-0.2, -0.15) is 10.9 Å². The highest BCUT2D eigenvalue weighted by Gasteiger charge is 2.39. The van der Waals surface area contributed by atoms with Gasteiger partial charge in [-0.1, -0.05) is 0 Å². The first-order valence-electron chi connectivity index (χ1n) is 7.43. The second kappa shape index (κ2) is 7.54. The Morgan fingerprint density at radius 1 is 0.957 bits per heavy atom. The smallest absolute Gasteiger partial charge is 0.297 e. The van der Waals surface area contributed by atoms with E-state index in [1.54, 1.807) is 28.2 Å². The molecule has 0 fully saturated rings. The van der Waals surface area contributed by atoms with E-state index in [-0.39, 0.29) is 27.9 Å². The predicted molar refractivity (Wildman–Crippen MR) is 84.2 cm³/mol. The van der Waals surface area contributed by atoms with E-state index >= 15 is 0 Å². The lowest BCUT2D eigenvalue weighted by atomic mass is 10.1. The first kappa shape index (κ1) is 21.7. The minimum Gasteiger partial charge on any atom is -0.390 e. The molecule has 0 aliphatic carbocycles. The van der Waals surface area contributed by atoms with Crippen LogP contribution in [0.1, 0.15) is 20.8 Å². The molecule has 0 aromatic rings. The van der Waals surface area contributed by atoms with Crippen LogP contribution in [0.5, 0.6) is 0 Å². The number of hydrogen-bond donors (Lipinski definition) is 5. The van der Waals surface area contributed by atoms with Gasteiger partial charge in [-0.15, -0.1) is 0 Å². The number of rotatable bonds is 7. The predicted octanol–water partition coefficient (Wildman–Crippen LogP) is -2.29. The molecule has 0 saturated carbocycles. The summed E-state index contributed by atoms with van der Waals surface area (Å²) in [4.78, 5) is 24.0. The number of nitrogens with one attached hydrogen (secondary N) is 2. The van der Waals surface area contributed by atoms with Gasteiger partial charge in [0.1, 0.15) is 12.1 Å². The Morgan fingerprint density at radius 3 is 1.70 bits per heavy atom. The van der Waals surface area contributed by atoms with Gasteiger partial charge in [0.2, 0.25) is 0 Å². The zero-order valence-electron chi connectivity index (χ0n) is 15.1. The number of aliphatic hydroxyl groups excluding tert-OH is 3. The van der Waals surface area contributed by atoms with Crippen molar-refractivity contribution in [3.05, 3.63) is 0 Å². The van der Waals surface area contributed by atoms with Crippen molar-refractivity contribution in [1.82, 2.24) is 10.9 Å². The van der Waals surface area contributed by atoms with Crippen LogP contribution in [0.4, 0.5) is 0 Å². The topological polar surface area (TPSA) is 119 Å². The number of quaternary nitrogens is 2. The Labute approximate surface area is 137 Å². The van der Waals surface area contributed by atoms with Gasteiger partial charge in [0.05, 0.1) is 34.8 Å². The molecule has 0 aromatic carbocycles. The molecule has 0 radical (unpaired) electrons. The van der Waals surface area contributed by atoms with Gasteiger partial charge in [-0.25, -0.2) is 9.18 Å². The molecule has 0 bridgehead atoms. The van der Waals surface area contributed by atoms with Crippen molar-refractivity contribution in [2.45, 2.75) is 38.5 Å². The average Bonchev–Trinajstić information content (AvgIpc) is 2.34. The molecule has 0 saturated heterocycles. The third kappa shape index (κ3) is 6.40. The van der Waals surface area contributed by atoms with E-state index in [9.17, 15) is 19.8 Å². The molecule has 0 unspecified atom stereocenters. The van der Waals surface area contributed by atoms with Gasteiger partial charge in [0.15, 0.2) is 12.2 Å². The van der Waals surface area contributed by atoms with Gasteiger partial charge in [0, 0.05) is 0 Å². The van der Waals surface area contributed by atoms with Gasteiger partial charge in [-0.3, -0.25) is 9.59 Å². The molecule has 136 valence electrons. The average molecular weight is 336 g/mol. The maximum absolute atomic E-state index is 12.1. The number of nitrogens with zero attached hydrogens (tertiary/aromatic N) is 2. The molecule has 2 atom stereocenters. The summed E-state index contributed by atoms with van der Waals surface area (Å²) in [5, 5.41) is 28.7. The molecule has 2 amide bonds. The SMILES string of the molecule is CC(C)(C)[N+](C)(C)NC(=O)[C@@H](O)[C@H](O)C(=O)N[N+](C)(C)CCO. The van der Waals surface area contributed by atoms with Crippen molar-refractivity contribution >= 4 is 11.8 Å². The van der Waals surface area contributed by atoms with Gasteiger partial charge < -0.3 is 15.3 Å². The minimum atomic E-state index is -1.91. The van der Waals surface area contributed by atoms with Crippen LogP contribution in [-0.2, 0) is 9.59 Å². The van der Waals surface area contributed by atoms with Crippen LogP contribution >= 0.6 is 0 Å². The highest BCUT2D eigenvalue weighted by Crippen LogP contribution is 2.16. The highest BCUT2D eigenvalue weighted by molar-refractivity contribution is 5.89. The van der Waals surface area contributed by atoms with Crippen molar-refractivity contribution in [2.24, 2.45) is 0 Å². The number of likely N-dealkylation sites (N-methyl/N-ethyl adjacent to an activating group) is 1. The Hall–Kier alpha value is -1.26. The van der Waals surface area contributed by atoms with Crippen LogP contribution in [0.3, 0.4) is 0 Å². The Bertz CT molecular complexity index is 431. The van der Waals surface area contributed by atoms with Crippen LogP contribution in [0.25, 0.3) is 0 Å². The molecule has 23 heavy (non-hydrogen) atoms. The number of carbonyl (C=O) groups excluding carboxylic acids is 2. The summed E-state index contributed by atoms with van der Waals surface area (Å²) >= 11 is 0. The van der Waals surface area contributed by atoms with E-state index in [0.29, 0.717) is 0 Å². The molecule has 9 heteroatoms. The van der Waals surface area contributed by atoms with E-state index in [1.165, 1.54) is 0 Å². The Kier molecular flexibility index (Phi) is 7.13. The van der Waals surface area contributed by atoms with Crippen LogP contribution in [0.15, 0.2) is 0 Å². The fraction of sp³-hybridized carbons (Fsp3) is 0.857. The quantitative estimate of drug-likeness (QED) is 0.265. The zero-order valence-corrected chi connectivity index (χ0v) is 15.1. The lowest BCUT2D eigenvalue weighted by molar-refractivity contribution is -0.968. The summed E-state index contributed by atoms with van der Waals surface area (Å²) in [6.45, 7) is 5.76. The monoisotopic (exact) mass is 336 g/mol. The van der Waals surface area contributed by atoms with Crippen molar-refractivity contribution in [1.29, 1.82) is 0 Å². The van der Waals surface area contributed by atoms with Crippen molar-refractivity contribution < 1.29 is 34.1 Å². The van der Waals surface area contributed by atoms with Gasteiger partial charge in [-0.05, 0) is 20.8 Å². The van der Waals surface area contributed by atoms with E-state index in [4.69, 9.17) is 5.11 Å². The molecular weight excluding hydrogens is 304 g/mol. The van der Waals surface area contributed by atoms with E-state index in [1.807, 2.05) is 20.8 Å². The minimum absolute atomic E-state index is 0.0588. The maximum atomic E-state index is 12.1. The molecule has 0 aromatic heterocycles. The third-order valence-corrected chi connectivity index (χ3v) is 3.97. The number of aliphatic hydroxyl groups is 3. The molecule has 9 nitrogen and oxygen atoms in total. The lowest BCUT2D eigenvalue weighted by Crippen LogP contribution is -2.67. The second-order valence-electron chi connectivity index (χ2n) is 7.60. The molecule has 5 N–H and O–H groups in total. The first-order valence-corrected chi connectivity index (χ1v) is 7.43. The largest absolute Gasteiger partial charge is 0.390 e. The summed E-state index contributed by atoms with van der Waals surface area (Å²) in [6, 6.07) is 0. The molecule has 0 aliphatic heterocycles. The Balaban J connectivity index is 4.86. The lowest BCUT2D eigenvalue weighted by Gasteiger charge is -2.41. The fourth-order valence-electron chi connectivity index (χ4n) is 1.47. The Morgan fingerprint density at radius 2 is 1.35 bits per heavy atom. The van der Waals surface area contributed by atoms with Gasteiger partial charge in [0.25, 0.3) is 11.8 Å². The molecule has 0 rings (SSSR count). The zero-order chi connectivity index (χ0) is 18.6. The summed E-state index contributed by atoms with van der Waals surface area (Å²) < 4.78 is -0.0341. The van der Waals surface area contributed by atoms with E-state index in [0.717, 1.165) is 0 Å². The molecule has 0 spiro atoms.